The van der Waals surface area contributed by atoms with Crippen LogP contribution < -0.4 is 25.2 Å². The van der Waals surface area contributed by atoms with Crippen molar-refractivity contribution in [1.82, 2.24) is 19.4 Å². The molecule has 1 aromatic carbocycles. The van der Waals surface area contributed by atoms with Gasteiger partial charge in [-0.15, -0.1) is 0 Å². The second-order valence-corrected chi connectivity index (χ2v) is 10.2. The number of methoxy groups -OCH3 is 2. The summed E-state index contributed by atoms with van der Waals surface area (Å²) in [6, 6.07) is 1.70. The third-order valence-electron chi connectivity index (χ3n) is 7.07. The van der Waals surface area contributed by atoms with Gasteiger partial charge in [0, 0.05) is 64.1 Å². The van der Waals surface area contributed by atoms with E-state index in [-0.39, 0.29) is 29.7 Å². The van der Waals surface area contributed by atoms with Crippen LogP contribution in [-0.4, -0.2) is 79.7 Å². The van der Waals surface area contributed by atoms with Gasteiger partial charge in [-0.1, -0.05) is 11.6 Å². The second kappa shape index (κ2) is 12.2. The van der Waals surface area contributed by atoms with Gasteiger partial charge in [0.1, 0.15) is 0 Å². The van der Waals surface area contributed by atoms with Crippen LogP contribution in [0.15, 0.2) is 23.3 Å². The van der Waals surface area contributed by atoms with Crippen molar-refractivity contribution in [2.75, 3.05) is 53.6 Å². The molecule has 0 saturated carbocycles. The van der Waals surface area contributed by atoms with Crippen molar-refractivity contribution in [3.63, 3.8) is 0 Å². The van der Waals surface area contributed by atoms with Crippen molar-refractivity contribution >= 4 is 17.5 Å². The fourth-order valence-electron chi connectivity index (χ4n) is 4.92. The maximum absolute atomic E-state index is 13.2. The smallest absolute Gasteiger partial charge is 0.328 e. The summed E-state index contributed by atoms with van der Waals surface area (Å²) in [6.07, 6.45) is 5.21. The van der Waals surface area contributed by atoms with Gasteiger partial charge in [-0.3, -0.25) is 18.8 Å². The molecule has 2 aliphatic rings. The summed E-state index contributed by atoms with van der Waals surface area (Å²) in [5.74, 6) is 0.960. The molecule has 0 bridgehead atoms. The minimum absolute atomic E-state index is 0.0156. The first-order valence-electron chi connectivity index (χ1n) is 12.8. The van der Waals surface area contributed by atoms with Crippen LogP contribution in [0.4, 0.5) is 0 Å². The van der Waals surface area contributed by atoms with Gasteiger partial charge >= 0.3 is 5.69 Å². The van der Waals surface area contributed by atoms with Gasteiger partial charge in [-0.05, 0) is 32.9 Å². The first-order valence-corrected chi connectivity index (χ1v) is 13.2. The first kappa shape index (κ1) is 27.3. The zero-order valence-corrected chi connectivity index (χ0v) is 22.8. The molecule has 0 radical (unpaired) electrons. The lowest BCUT2D eigenvalue weighted by molar-refractivity contribution is -0.0112. The van der Waals surface area contributed by atoms with Crippen LogP contribution in [0.25, 0.3) is 0 Å². The molecule has 204 valence electrons. The number of ether oxygens (including phenoxy) is 4. The number of imidazole rings is 1. The zero-order valence-electron chi connectivity index (χ0n) is 22.0. The molecular formula is C26H37ClN4O6. The maximum atomic E-state index is 13.2. The number of carbonyl (C=O) groups excluding carboxylic acids is 1. The van der Waals surface area contributed by atoms with Crippen molar-refractivity contribution in [3.05, 3.63) is 39.5 Å². The molecule has 1 saturated heterocycles. The standard InChI is InChI=1S/C26H37ClN4O6/c1-17(2)31-11-10-30(26(31)33)9-8-29-7-6-18(21(16-29)34-3)15-28-25(32)19-14-20(27)23(35-4)24-22(19)36-12-5-13-37-24/h10-11,14,17-18,21H,5-9,12-13,15-16H2,1-4H3,(H,28,32)/t18-,21?/m0/s1. The zero-order chi connectivity index (χ0) is 26.5. The number of fused-ring (bicyclic) bond motifs is 1. The maximum Gasteiger partial charge on any atom is 0.328 e. The fraction of sp³-hybridized carbons (Fsp3) is 0.615. The molecule has 1 unspecified atom stereocenters. The average Bonchev–Trinajstić information content (AvgIpc) is 3.09. The predicted molar refractivity (Wildman–Crippen MR) is 140 cm³/mol. The van der Waals surface area contributed by atoms with Gasteiger partial charge in [0.15, 0.2) is 11.5 Å². The molecule has 1 aromatic heterocycles. The van der Waals surface area contributed by atoms with Crippen molar-refractivity contribution < 1.29 is 23.7 Å². The number of halogens is 1. The van der Waals surface area contributed by atoms with Crippen LogP contribution in [0.3, 0.4) is 0 Å². The molecule has 1 amide bonds. The van der Waals surface area contributed by atoms with Gasteiger partial charge in [0.2, 0.25) is 5.75 Å². The van der Waals surface area contributed by atoms with Crippen molar-refractivity contribution in [2.45, 2.75) is 45.4 Å². The van der Waals surface area contributed by atoms with E-state index in [2.05, 4.69) is 10.2 Å². The number of carbonyl (C=O) groups is 1. The van der Waals surface area contributed by atoms with Crippen LogP contribution in [0, 0.1) is 5.92 Å². The Morgan fingerprint density at radius 3 is 2.62 bits per heavy atom. The van der Waals surface area contributed by atoms with E-state index in [0.29, 0.717) is 60.6 Å². The highest BCUT2D eigenvalue weighted by molar-refractivity contribution is 6.33. The van der Waals surface area contributed by atoms with Gasteiger partial charge < -0.3 is 24.3 Å². The summed E-state index contributed by atoms with van der Waals surface area (Å²) >= 11 is 6.39. The van der Waals surface area contributed by atoms with E-state index < -0.39 is 0 Å². The van der Waals surface area contributed by atoms with Gasteiger partial charge in [-0.2, -0.15) is 0 Å². The number of aromatic nitrogens is 2. The number of rotatable bonds is 9. The number of likely N-dealkylation sites (tertiary alicyclic amines) is 1. The van der Waals surface area contributed by atoms with E-state index in [9.17, 15) is 9.59 Å². The molecule has 4 rings (SSSR count). The molecule has 0 spiro atoms. The van der Waals surface area contributed by atoms with E-state index in [0.717, 1.165) is 26.1 Å². The summed E-state index contributed by atoms with van der Waals surface area (Å²) in [7, 11) is 3.21. The SMILES string of the molecule is COc1c(Cl)cc(C(=O)NC[C@@H]2CCN(CCn3ccn(C(C)C)c3=O)CC2OC)c2c1OCCCO2. The van der Waals surface area contributed by atoms with Gasteiger partial charge in [0.25, 0.3) is 5.91 Å². The Morgan fingerprint density at radius 1 is 1.19 bits per heavy atom. The van der Waals surface area contributed by atoms with E-state index in [4.69, 9.17) is 30.5 Å². The Labute approximate surface area is 222 Å². The molecule has 11 heteroatoms. The van der Waals surface area contributed by atoms with Crippen LogP contribution >= 0.6 is 11.6 Å². The minimum Gasteiger partial charge on any atom is -0.491 e. The van der Waals surface area contributed by atoms with Crippen LogP contribution in [0.1, 0.15) is 43.1 Å². The predicted octanol–water partition coefficient (Wildman–Crippen LogP) is 2.82. The average molecular weight is 537 g/mol. The Morgan fingerprint density at radius 2 is 1.95 bits per heavy atom. The lowest BCUT2D eigenvalue weighted by Crippen LogP contribution is -2.49. The molecule has 3 heterocycles. The monoisotopic (exact) mass is 536 g/mol. The summed E-state index contributed by atoms with van der Waals surface area (Å²) in [5.41, 5.74) is 0.342. The molecule has 1 N–H and O–H groups in total. The highest BCUT2D eigenvalue weighted by Gasteiger charge is 2.31. The molecule has 2 aromatic rings. The molecule has 1 fully saturated rings. The van der Waals surface area contributed by atoms with E-state index in [1.165, 1.54) is 7.11 Å². The third-order valence-corrected chi connectivity index (χ3v) is 7.35. The summed E-state index contributed by atoms with van der Waals surface area (Å²) in [5, 5.41) is 3.34. The first-order chi connectivity index (χ1) is 17.8. The largest absolute Gasteiger partial charge is 0.491 e. The molecule has 0 aliphatic carbocycles. The van der Waals surface area contributed by atoms with Crippen LogP contribution in [-0.2, 0) is 11.3 Å². The number of piperidine rings is 1. The quantitative estimate of drug-likeness (QED) is 0.526. The number of nitrogens with zero attached hydrogens (tertiary/aromatic N) is 3. The van der Waals surface area contributed by atoms with E-state index in [1.54, 1.807) is 22.3 Å². The molecule has 37 heavy (non-hydrogen) atoms. The number of hydrogen-bond acceptors (Lipinski definition) is 7. The normalized spacial score (nSPS) is 20.1. The third kappa shape index (κ3) is 6.08. The fourth-order valence-corrected chi connectivity index (χ4v) is 5.20. The molecule has 2 atom stereocenters. The lowest BCUT2D eigenvalue weighted by atomic mass is 9.93. The van der Waals surface area contributed by atoms with Crippen molar-refractivity contribution in [1.29, 1.82) is 0 Å². The molecule has 2 aliphatic heterocycles. The lowest BCUT2D eigenvalue weighted by Gasteiger charge is -2.37. The number of hydrogen-bond donors (Lipinski definition) is 1. The minimum atomic E-state index is -0.280. The second-order valence-electron chi connectivity index (χ2n) is 9.76. The highest BCUT2D eigenvalue weighted by Crippen LogP contribution is 2.46. The Hall–Kier alpha value is -2.69. The molecular weight excluding hydrogens is 500 g/mol. The Balaban J connectivity index is 1.36. The molecule has 10 nitrogen and oxygen atoms in total. The van der Waals surface area contributed by atoms with Crippen LogP contribution in [0.5, 0.6) is 17.2 Å². The van der Waals surface area contributed by atoms with Gasteiger partial charge in [0.05, 0.1) is 37.0 Å². The number of benzene rings is 1. The summed E-state index contributed by atoms with van der Waals surface area (Å²) in [4.78, 5) is 28.0. The number of nitrogens with one attached hydrogen (secondary N) is 1. The Bertz CT molecular complexity index is 1150. The summed E-state index contributed by atoms with van der Waals surface area (Å²) < 4.78 is 26.3. The van der Waals surface area contributed by atoms with Crippen LogP contribution in [0.2, 0.25) is 5.02 Å². The van der Waals surface area contributed by atoms with E-state index >= 15 is 0 Å². The van der Waals surface area contributed by atoms with E-state index in [1.807, 2.05) is 26.2 Å². The van der Waals surface area contributed by atoms with Crippen molar-refractivity contribution in [3.8, 4) is 17.2 Å². The highest BCUT2D eigenvalue weighted by atomic mass is 35.5. The topological polar surface area (TPSA) is 96.2 Å². The Kier molecular flexibility index (Phi) is 9.04. The van der Waals surface area contributed by atoms with Crippen molar-refractivity contribution in [2.24, 2.45) is 5.92 Å². The number of amides is 1. The summed E-state index contributed by atoms with van der Waals surface area (Å²) in [6.45, 7) is 8.33. The van der Waals surface area contributed by atoms with Gasteiger partial charge in [-0.25, -0.2) is 4.79 Å².